The van der Waals surface area contributed by atoms with Crippen LogP contribution in [0.15, 0.2) is 66.0 Å². The first-order chi connectivity index (χ1) is 15.0. The van der Waals surface area contributed by atoms with Crippen molar-refractivity contribution in [3.05, 3.63) is 82.2 Å². The molecule has 1 unspecified atom stereocenters. The lowest BCUT2D eigenvalue weighted by Crippen LogP contribution is -2.24. The van der Waals surface area contributed by atoms with Crippen molar-refractivity contribution < 1.29 is 13.9 Å². The molecule has 4 aromatic rings. The van der Waals surface area contributed by atoms with Crippen molar-refractivity contribution in [3.63, 3.8) is 0 Å². The summed E-state index contributed by atoms with van der Waals surface area (Å²) in [6, 6.07) is 16.6. The van der Waals surface area contributed by atoms with E-state index in [0.29, 0.717) is 22.0 Å². The number of benzene rings is 2. The standard InChI is InChI=1S/C22H19FN4O2S2/c1-14(27-20(25-26-22(27)30)19-9-4-10-31-19)21(28)24-17-7-2-5-15(11-17)13-29-18-8-3-6-16(23)12-18/h2-12,14H,13H2,1H3,(H,24,28)(H,26,30). The molecule has 0 saturated heterocycles. The van der Waals surface area contributed by atoms with Crippen LogP contribution in [0.1, 0.15) is 18.5 Å². The summed E-state index contributed by atoms with van der Waals surface area (Å²) in [6.07, 6.45) is 0. The maximum Gasteiger partial charge on any atom is 0.247 e. The van der Waals surface area contributed by atoms with Crippen molar-refractivity contribution in [1.82, 2.24) is 14.8 Å². The third-order valence-electron chi connectivity index (χ3n) is 4.61. The van der Waals surface area contributed by atoms with Crippen molar-refractivity contribution in [2.45, 2.75) is 19.6 Å². The van der Waals surface area contributed by atoms with Crippen LogP contribution in [0.25, 0.3) is 10.7 Å². The molecule has 4 rings (SSSR count). The Morgan fingerprint density at radius 2 is 2.10 bits per heavy atom. The van der Waals surface area contributed by atoms with Gasteiger partial charge in [-0.1, -0.05) is 24.3 Å². The van der Waals surface area contributed by atoms with Crippen LogP contribution < -0.4 is 10.1 Å². The molecule has 31 heavy (non-hydrogen) atoms. The fourth-order valence-corrected chi connectivity index (χ4v) is 4.07. The zero-order chi connectivity index (χ0) is 21.8. The maximum atomic E-state index is 13.3. The Hall–Kier alpha value is -3.30. The number of hydrogen-bond donors (Lipinski definition) is 2. The molecule has 2 N–H and O–H groups in total. The van der Waals surface area contributed by atoms with Gasteiger partial charge in [0.05, 0.1) is 4.88 Å². The van der Waals surface area contributed by atoms with E-state index in [-0.39, 0.29) is 18.3 Å². The fraction of sp³-hybridized carbons (Fsp3) is 0.136. The van der Waals surface area contributed by atoms with Crippen molar-refractivity contribution >= 4 is 35.1 Å². The molecular formula is C22H19FN4O2S2. The van der Waals surface area contributed by atoms with E-state index in [2.05, 4.69) is 15.5 Å². The molecule has 0 saturated carbocycles. The van der Waals surface area contributed by atoms with Gasteiger partial charge in [0.25, 0.3) is 0 Å². The predicted molar refractivity (Wildman–Crippen MR) is 121 cm³/mol. The molecular weight excluding hydrogens is 435 g/mol. The number of nitrogens with one attached hydrogen (secondary N) is 2. The SMILES string of the molecule is CC(C(=O)Nc1cccc(COc2cccc(F)c2)c1)n1c(-c2cccs2)n[nH]c1=S. The van der Waals surface area contributed by atoms with Gasteiger partial charge >= 0.3 is 0 Å². The summed E-state index contributed by atoms with van der Waals surface area (Å²) < 4.78 is 21.0. The van der Waals surface area contributed by atoms with Crippen LogP contribution in [0, 0.1) is 10.6 Å². The van der Waals surface area contributed by atoms with Crippen molar-refractivity contribution in [1.29, 1.82) is 0 Å². The molecule has 0 spiro atoms. The summed E-state index contributed by atoms with van der Waals surface area (Å²) in [5.41, 5.74) is 1.47. The Kier molecular flexibility index (Phi) is 6.24. The highest BCUT2D eigenvalue weighted by atomic mass is 32.1. The summed E-state index contributed by atoms with van der Waals surface area (Å²) in [6.45, 7) is 2.02. The normalized spacial score (nSPS) is 11.8. The van der Waals surface area contributed by atoms with Crippen LogP contribution in [-0.4, -0.2) is 20.7 Å². The van der Waals surface area contributed by atoms with E-state index in [0.717, 1.165) is 10.4 Å². The summed E-state index contributed by atoms with van der Waals surface area (Å²) in [7, 11) is 0. The molecule has 1 atom stereocenters. The number of thiophene rings is 1. The van der Waals surface area contributed by atoms with E-state index in [1.807, 2.05) is 35.7 Å². The summed E-state index contributed by atoms with van der Waals surface area (Å²) >= 11 is 6.87. The lowest BCUT2D eigenvalue weighted by Gasteiger charge is -2.16. The van der Waals surface area contributed by atoms with Gasteiger partial charge < -0.3 is 10.1 Å². The number of nitrogens with zero attached hydrogens (tertiary/aromatic N) is 2. The smallest absolute Gasteiger partial charge is 0.247 e. The van der Waals surface area contributed by atoms with Crippen LogP contribution in [0.2, 0.25) is 0 Å². The number of halogens is 1. The molecule has 6 nitrogen and oxygen atoms in total. The third kappa shape index (κ3) is 4.89. The number of H-pyrrole nitrogens is 1. The number of anilines is 1. The highest BCUT2D eigenvalue weighted by Crippen LogP contribution is 2.26. The minimum absolute atomic E-state index is 0.224. The number of ether oxygens (including phenoxy) is 1. The lowest BCUT2D eigenvalue weighted by molar-refractivity contribution is -0.118. The molecule has 0 aliphatic carbocycles. The molecule has 1 amide bonds. The van der Waals surface area contributed by atoms with Gasteiger partial charge in [0.15, 0.2) is 10.6 Å². The van der Waals surface area contributed by atoms with E-state index in [9.17, 15) is 9.18 Å². The Morgan fingerprint density at radius 3 is 2.87 bits per heavy atom. The van der Waals surface area contributed by atoms with Gasteiger partial charge in [-0.25, -0.2) is 4.39 Å². The fourth-order valence-electron chi connectivity index (χ4n) is 3.07. The molecule has 9 heteroatoms. The Labute approximate surface area is 187 Å². The molecule has 0 aliphatic rings. The van der Waals surface area contributed by atoms with E-state index < -0.39 is 6.04 Å². The molecule has 0 aliphatic heterocycles. The number of rotatable bonds is 7. The monoisotopic (exact) mass is 454 g/mol. The minimum atomic E-state index is -0.574. The van der Waals surface area contributed by atoms with Gasteiger partial charge in [-0.15, -0.1) is 11.3 Å². The van der Waals surface area contributed by atoms with E-state index in [1.165, 1.54) is 23.5 Å². The third-order valence-corrected chi connectivity index (χ3v) is 5.76. The molecule has 0 bridgehead atoms. The van der Waals surface area contributed by atoms with Crippen LogP contribution in [0.3, 0.4) is 0 Å². The second-order valence-electron chi connectivity index (χ2n) is 6.81. The van der Waals surface area contributed by atoms with Crippen LogP contribution in [0.5, 0.6) is 5.75 Å². The van der Waals surface area contributed by atoms with Gasteiger partial charge in [0.2, 0.25) is 5.91 Å². The highest BCUT2D eigenvalue weighted by Gasteiger charge is 2.21. The average molecular weight is 455 g/mol. The Morgan fingerprint density at radius 1 is 1.26 bits per heavy atom. The second kappa shape index (κ2) is 9.23. The van der Waals surface area contributed by atoms with Gasteiger partial charge in [-0.2, -0.15) is 5.10 Å². The highest BCUT2D eigenvalue weighted by molar-refractivity contribution is 7.71. The van der Waals surface area contributed by atoms with Gasteiger partial charge in [0, 0.05) is 11.8 Å². The Balaban J connectivity index is 1.46. The van der Waals surface area contributed by atoms with Crippen LogP contribution in [-0.2, 0) is 11.4 Å². The maximum absolute atomic E-state index is 13.3. The zero-order valence-corrected chi connectivity index (χ0v) is 18.2. The first-order valence-electron chi connectivity index (χ1n) is 9.50. The quantitative estimate of drug-likeness (QED) is 0.357. The number of amides is 1. The second-order valence-corrected chi connectivity index (χ2v) is 8.15. The zero-order valence-electron chi connectivity index (χ0n) is 16.5. The van der Waals surface area contributed by atoms with Crippen molar-refractivity contribution in [3.8, 4) is 16.5 Å². The van der Waals surface area contributed by atoms with Crippen molar-refractivity contribution in [2.24, 2.45) is 0 Å². The average Bonchev–Trinajstić information content (AvgIpc) is 3.42. The number of carbonyl (C=O) groups is 1. The predicted octanol–water partition coefficient (Wildman–Crippen LogP) is 5.59. The van der Waals surface area contributed by atoms with Gasteiger partial charge in [-0.05, 0) is 60.4 Å². The van der Waals surface area contributed by atoms with Gasteiger partial charge in [0.1, 0.15) is 24.2 Å². The number of hydrogen-bond acceptors (Lipinski definition) is 5. The summed E-state index contributed by atoms with van der Waals surface area (Å²) in [5, 5.41) is 11.9. The van der Waals surface area contributed by atoms with E-state index in [1.54, 1.807) is 29.7 Å². The molecule has 0 fully saturated rings. The topological polar surface area (TPSA) is 71.9 Å². The molecule has 2 aromatic carbocycles. The molecule has 0 radical (unpaired) electrons. The molecule has 158 valence electrons. The number of carbonyl (C=O) groups excluding carboxylic acids is 1. The molecule has 2 aromatic heterocycles. The molecule has 2 heterocycles. The van der Waals surface area contributed by atoms with Crippen LogP contribution >= 0.6 is 23.6 Å². The summed E-state index contributed by atoms with van der Waals surface area (Å²) in [4.78, 5) is 13.8. The first kappa shape index (κ1) is 21.0. The van der Waals surface area contributed by atoms with E-state index in [4.69, 9.17) is 17.0 Å². The Bertz CT molecular complexity index is 1250. The minimum Gasteiger partial charge on any atom is -0.489 e. The summed E-state index contributed by atoms with van der Waals surface area (Å²) in [5.74, 6) is 0.490. The first-order valence-corrected chi connectivity index (χ1v) is 10.8. The largest absolute Gasteiger partial charge is 0.489 e. The number of aromatic amines is 1. The van der Waals surface area contributed by atoms with Crippen LogP contribution in [0.4, 0.5) is 10.1 Å². The van der Waals surface area contributed by atoms with Gasteiger partial charge in [-0.3, -0.25) is 14.5 Å². The lowest BCUT2D eigenvalue weighted by atomic mass is 10.2. The van der Waals surface area contributed by atoms with E-state index >= 15 is 0 Å². The number of aromatic nitrogens is 3. The van der Waals surface area contributed by atoms with Crippen molar-refractivity contribution in [2.75, 3.05) is 5.32 Å².